The van der Waals surface area contributed by atoms with Crippen molar-refractivity contribution in [2.45, 2.75) is 90.4 Å². The van der Waals surface area contributed by atoms with Crippen LogP contribution in [0.5, 0.6) is 5.75 Å². The number of hydroxylamine groups is 1. The van der Waals surface area contributed by atoms with Crippen LogP contribution in [0.4, 0.5) is 0 Å². The molecule has 142 valence electrons. The zero-order valence-corrected chi connectivity index (χ0v) is 16.3. The molecule has 0 aromatic heterocycles. The molecule has 1 aromatic rings. The van der Waals surface area contributed by atoms with E-state index in [1.54, 1.807) is 0 Å². The first-order chi connectivity index (χ1) is 12.1. The second-order valence-corrected chi connectivity index (χ2v) is 7.24. The number of phenols is 1. The third kappa shape index (κ3) is 10.9. The molecule has 1 rings (SSSR count). The minimum atomic E-state index is 0.234. The third-order valence-electron chi connectivity index (χ3n) is 4.74. The average molecular weight is 349 g/mol. The van der Waals surface area contributed by atoms with Crippen molar-refractivity contribution < 1.29 is 15.1 Å². The van der Waals surface area contributed by atoms with Crippen LogP contribution in [0.2, 0.25) is 0 Å². The minimum absolute atomic E-state index is 0.234. The van der Waals surface area contributed by atoms with Gasteiger partial charge in [-0.25, -0.2) is 0 Å². The fourth-order valence-electron chi connectivity index (χ4n) is 3.23. The summed E-state index contributed by atoms with van der Waals surface area (Å²) >= 11 is 0. The number of aryl methyl sites for hydroxylation is 1. The molecule has 0 aliphatic heterocycles. The normalized spacial score (nSPS) is 11.8. The van der Waals surface area contributed by atoms with Crippen LogP contribution < -0.4 is 0 Å². The van der Waals surface area contributed by atoms with Crippen molar-refractivity contribution >= 4 is 6.21 Å². The maximum atomic E-state index is 9.96. The molecule has 0 atom stereocenters. The molecule has 2 N–H and O–H groups in total. The summed E-state index contributed by atoms with van der Waals surface area (Å²) in [7, 11) is 1.53. The Balaban J connectivity index is 2.03. The van der Waals surface area contributed by atoms with Gasteiger partial charge in [-0.3, -0.25) is 5.21 Å². The molecule has 0 heterocycles. The lowest BCUT2D eigenvalue weighted by Gasteiger charge is -2.05. The highest BCUT2D eigenvalue weighted by Crippen LogP contribution is 2.19. The number of aromatic hydroxyl groups is 1. The topological polar surface area (TPSA) is 43.5 Å². The number of benzene rings is 1. The maximum Gasteiger partial charge on any atom is 0.226 e. The summed E-state index contributed by atoms with van der Waals surface area (Å²) in [6.45, 7) is 2.27. The summed E-state index contributed by atoms with van der Waals surface area (Å²) in [6, 6.07) is 5.71. The maximum absolute atomic E-state index is 9.96. The second-order valence-electron chi connectivity index (χ2n) is 7.24. The molecule has 3 heteroatoms. The molecule has 0 spiro atoms. The fourth-order valence-corrected chi connectivity index (χ4v) is 3.23. The smallest absolute Gasteiger partial charge is 0.226 e. The van der Waals surface area contributed by atoms with Crippen LogP contribution >= 0.6 is 0 Å². The Bertz CT molecular complexity index is 493. The van der Waals surface area contributed by atoms with Crippen molar-refractivity contribution in [3.63, 3.8) is 0 Å². The van der Waals surface area contributed by atoms with Crippen LogP contribution in [0.1, 0.15) is 95.1 Å². The first-order valence-corrected chi connectivity index (χ1v) is 10.2. The van der Waals surface area contributed by atoms with Gasteiger partial charge in [0.15, 0.2) is 7.05 Å². The van der Waals surface area contributed by atoms with E-state index in [0.717, 1.165) is 11.2 Å². The molecule has 0 amide bonds. The van der Waals surface area contributed by atoms with Gasteiger partial charge in [0, 0.05) is 0 Å². The highest BCUT2D eigenvalue weighted by Gasteiger charge is 2.04. The van der Waals surface area contributed by atoms with E-state index in [1.165, 1.54) is 95.9 Å². The summed E-state index contributed by atoms with van der Waals surface area (Å²) in [4.78, 5) is 0. The Morgan fingerprint density at radius 3 is 1.84 bits per heavy atom. The van der Waals surface area contributed by atoms with Gasteiger partial charge in [-0.1, -0.05) is 83.6 Å². The lowest BCUT2D eigenvalue weighted by atomic mass is 10.0. The molecule has 0 aliphatic carbocycles. The third-order valence-corrected chi connectivity index (χ3v) is 4.74. The lowest BCUT2D eigenvalue weighted by Crippen LogP contribution is -2.01. The van der Waals surface area contributed by atoms with E-state index in [1.807, 2.05) is 18.2 Å². The highest BCUT2D eigenvalue weighted by molar-refractivity contribution is 5.79. The quantitative estimate of drug-likeness (QED) is 0.140. The molecular weight excluding hydrogens is 310 g/mol. The Hall–Kier alpha value is -1.51. The summed E-state index contributed by atoms with van der Waals surface area (Å²) < 4.78 is 0.958. The van der Waals surface area contributed by atoms with E-state index in [2.05, 4.69) is 6.92 Å². The van der Waals surface area contributed by atoms with Gasteiger partial charge >= 0.3 is 0 Å². The van der Waals surface area contributed by atoms with E-state index in [9.17, 15) is 10.3 Å². The van der Waals surface area contributed by atoms with Gasteiger partial charge in [-0.2, -0.15) is 0 Å². The predicted octanol–water partition coefficient (Wildman–Crippen LogP) is 6.09. The van der Waals surface area contributed by atoms with Crippen molar-refractivity contribution in [1.29, 1.82) is 0 Å². The standard InChI is InChI=1S/C22H37NO2/c1-3-4-5-6-7-8-9-10-11-12-13-14-15-20-16-17-21(19-23(2)25)22(24)18-20/h16-19,25H,3-15H2,1-2H3/p+1. The van der Waals surface area contributed by atoms with E-state index in [4.69, 9.17) is 0 Å². The second kappa shape index (κ2) is 13.7. The number of hydrogen-bond acceptors (Lipinski definition) is 2. The Morgan fingerprint density at radius 2 is 1.36 bits per heavy atom. The van der Waals surface area contributed by atoms with Gasteiger partial charge in [0.2, 0.25) is 6.21 Å². The minimum Gasteiger partial charge on any atom is -0.507 e. The van der Waals surface area contributed by atoms with Crippen molar-refractivity contribution in [2.75, 3.05) is 7.05 Å². The molecule has 0 saturated carbocycles. The molecule has 0 aliphatic rings. The summed E-state index contributed by atoms with van der Waals surface area (Å²) in [5.41, 5.74) is 1.81. The highest BCUT2D eigenvalue weighted by atomic mass is 16.5. The van der Waals surface area contributed by atoms with Gasteiger partial charge in [-0.05, 0) is 35.3 Å². The first-order valence-electron chi connectivity index (χ1n) is 10.2. The van der Waals surface area contributed by atoms with Crippen LogP contribution in [-0.4, -0.2) is 28.3 Å². The van der Waals surface area contributed by atoms with Gasteiger partial charge < -0.3 is 5.11 Å². The zero-order valence-electron chi connectivity index (χ0n) is 16.3. The van der Waals surface area contributed by atoms with Gasteiger partial charge in [-0.15, -0.1) is 0 Å². The number of phenolic OH excluding ortho intramolecular Hbond substituents is 1. The molecule has 0 unspecified atom stereocenters. The first kappa shape index (κ1) is 21.5. The molecule has 0 saturated heterocycles. The number of nitrogens with zero attached hydrogens (tertiary/aromatic N) is 1. The molecule has 0 bridgehead atoms. The van der Waals surface area contributed by atoms with E-state index >= 15 is 0 Å². The number of rotatable bonds is 14. The summed E-state index contributed by atoms with van der Waals surface area (Å²) in [5.74, 6) is 0.234. The molecule has 1 aromatic carbocycles. The van der Waals surface area contributed by atoms with Crippen LogP contribution in [-0.2, 0) is 6.42 Å². The number of unbranched alkanes of at least 4 members (excludes halogenated alkanes) is 11. The van der Waals surface area contributed by atoms with E-state index in [0.29, 0.717) is 5.56 Å². The van der Waals surface area contributed by atoms with Crippen LogP contribution in [0.25, 0.3) is 0 Å². The van der Waals surface area contributed by atoms with Gasteiger partial charge in [0.05, 0.1) is 5.56 Å². The van der Waals surface area contributed by atoms with E-state index in [-0.39, 0.29) is 5.75 Å². The predicted molar refractivity (Wildman–Crippen MR) is 106 cm³/mol. The van der Waals surface area contributed by atoms with Crippen molar-refractivity contribution in [3.05, 3.63) is 29.3 Å². The zero-order chi connectivity index (χ0) is 18.3. The van der Waals surface area contributed by atoms with Gasteiger partial charge in [0.25, 0.3) is 0 Å². The Labute approximate surface area is 154 Å². The lowest BCUT2D eigenvalue weighted by molar-refractivity contribution is -0.751. The SMILES string of the molecule is CCCCCCCCCCCCCCc1ccc(C=[N+](C)O)c(O)c1. The van der Waals surface area contributed by atoms with Crippen molar-refractivity contribution in [2.24, 2.45) is 0 Å². The van der Waals surface area contributed by atoms with E-state index < -0.39 is 0 Å². The fraction of sp³-hybridized carbons (Fsp3) is 0.682. The number of hydrogen-bond donors (Lipinski definition) is 2. The molecular formula is C22H38NO2+. The van der Waals surface area contributed by atoms with Crippen LogP contribution in [0, 0.1) is 0 Å². The van der Waals surface area contributed by atoms with Gasteiger partial charge in [0.1, 0.15) is 5.75 Å². The summed E-state index contributed by atoms with van der Waals surface area (Å²) in [6.07, 6.45) is 18.8. The Kier molecular flexibility index (Phi) is 11.8. The Morgan fingerprint density at radius 1 is 0.840 bits per heavy atom. The molecule has 3 nitrogen and oxygen atoms in total. The summed E-state index contributed by atoms with van der Waals surface area (Å²) in [5, 5.41) is 19.2. The van der Waals surface area contributed by atoms with Crippen molar-refractivity contribution in [1.82, 2.24) is 0 Å². The molecule has 0 fully saturated rings. The average Bonchev–Trinajstić information content (AvgIpc) is 2.58. The molecule has 0 radical (unpaired) electrons. The van der Waals surface area contributed by atoms with Crippen LogP contribution in [0.3, 0.4) is 0 Å². The van der Waals surface area contributed by atoms with Crippen LogP contribution in [0.15, 0.2) is 18.2 Å². The van der Waals surface area contributed by atoms with Crippen molar-refractivity contribution in [3.8, 4) is 5.75 Å². The largest absolute Gasteiger partial charge is 0.507 e. The monoisotopic (exact) mass is 348 g/mol. The molecule has 25 heavy (non-hydrogen) atoms.